The number of nitrogens with one attached hydrogen (secondary N) is 1. The van der Waals surface area contributed by atoms with Crippen LogP contribution in [0.15, 0.2) is 34.7 Å². The molecule has 1 N–H and O–H groups in total. The third-order valence-corrected chi connectivity index (χ3v) is 7.36. The summed E-state index contributed by atoms with van der Waals surface area (Å²) in [6.07, 6.45) is 2.22. The zero-order valence-electron chi connectivity index (χ0n) is 18.5. The summed E-state index contributed by atoms with van der Waals surface area (Å²) >= 11 is 5.97. The first-order valence-electron chi connectivity index (χ1n) is 9.89. The van der Waals surface area contributed by atoms with E-state index in [1.807, 2.05) is 0 Å². The third-order valence-electron chi connectivity index (χ3n) is 4.92. The number of carbonyl (C=O) groups excluding carboxylic acids is 1. The van der Waals surface area contributed by atoms with Gasteiger partial charge >= 0.3 is 0 Å². The Labute approximate surface area is 197 Å². The Morgan fingerprint density at radius 3 is 2.33 bits per heavy atom. The number of fused-ring (bicyclic) bond motifs is 1. The minimum Gasteiger partial charge on any atom is -0.437 e. The lowest BCUT2D eigenvalue weighted by Crippen LogP contribution is -2.33. The van der Waals surface area contributed by atoms with Crippen LogP contribution in [-0.2, 0) is 19.9 Å². The summed E-state index contributed by atoms with van der Waals surface area (Å²) < 4.78 is 54.9. The lowest BCUT2D eigenvalue weighted by molar-refractivity contribution is 0.0964. The number of nitrogens with zero attached hydrogens (tertiary/aromatic N) is 2. The Kier molecular flexibility index (Phi) is 7.06. The van der Waals surface area contributed by atoms with Gasteiger partial charge in [0, 0.05) is 30.4 Å². The number of sulfonamides is 1. The first kappa shape index (κ1) is 25.0. The second kappa shape index (κ2) is 9.32. The predicted octanol–water partition coefficient (Wildman–Crippen LogP) is 3.02. The molecule has 0 aliphatic carbocycles. The van der Waals surface area contributed by atoms with Crippen LogP contribution in [0.3, 0.4) is 0 Å². The third kappa shape index (κ3) is 5.66. The SMILES string of the molecule is CNC(=O)c1c(-c2ccc(Cl)cc2)oc2nc(N(CCCS(C)(=O)=O)S(C)(=O)=O)c(C)cc12. The largest absolute Gasteiger partial charge is 0.437 e. The fourth-order valence-corrected chi connectivity index (χ4v) is 5.16. The van der Waals surface area contributed by atoms with E-state index in [1.165, 1.54) is 7.05 Å². The number of rotatable bonds is 8. The minimum atomic E-state index is -3.77. The van der Waals surface area contributed by atoms with Crippen molar-refractivity contribution in [2.75, 3.05) is 36.2 Å². The van der Waals surface area contributed by atoms with E-state index in [9.17, 15) is 21.6 Å². The van der Waals surface area contributed by atoms with Gasteiger partial charge in [0.1, 0.15) is 21.4 Å². The molecule has 33 heavy (non-hydrogen) atoms. The van der Waals surface area contributed by atoms with Crippen molar-refractivity contribution in [3.63, 3.8) is 0 Å². The summed E-state index contributed by atoms with van der Waals surface area (Å²) in [6.45, 7) is 1.59. The Balaban J connectivity index is 2.17. The number of furan rings is 1. The highest BCUT2D eigenvalue weighted by Crippen LogP contribution is 2.36. The molecule has 3 rings (SSSR count). The molecule has 0 aliphatic heterocycles. The maximum atomic E-state index is 12.7. The Hall–Kier alpha value is -2.63. The predicted molar refractivity (Wildman–Crippen MR) is 129 cm³/mol. The quantitative estimate of drug-likeness (QED) is 0.490. The maximum absolute atomic E-state index is 12.7. The zero-order valence-corrected chi connectivity index (χ0v) is 20.9. The second-order valence-electron chi connectivity index (χ2n) is 7.69. The zero-order chi connectivity index (χ0) is 24.6. The highest BCUT2D eigenvalue weighted by atomic mass is 35.5. The molecule has 0 aliphatic rings. The van der Waals surface area contributed by atoms with E-state index in [4.69, 9.17) is 16.0 Å². The van der Waals surface area contributed by atoms with E-state index in [-0.39, 0.29) is 47.5 Å². The van der Waals surface area contributed by atoms with E-state index in [0.29, 0.717) is 21.5 Å². The number of sulfone groups is 1. The molecule has 12 heteroatoms. The van der Waals surface area contributed by atoms with Crippen molar-refractivity contribution in [3.05, 3.63) is 46.5 Å². The summed E-state index contributed by atoms with van der Waals surface area (Å²) in [6, 6.07) is 8.37. The maximum Gasteiger partial charge on any atom is 0.255 e. The molecule has 3 aromatic rings. The molecule has 1 aromatic carbocycles. The Morgan fingerprint density at radius 2 is 1.79 bits per heavy atom. The van der Waals surface area contributed by atoms with Crippen molar-refractivity contribution in [2.24, 2.45) is 0 Å². The van der Waals surface area contributed by atoms with Crippen LogP contribution in [0.1, 0.15) is 22.3 Å². The van der Waals surface area contributed by atoms with Crippen LogP contribution >= 0.6 is 11.6 Å². The summed E-state index contributed by atoms with van der Waals surface area (Å²) in [5, 5.41) is 3.53. The topological polar surface area (TPSA) is 127 Å². The summed E-state index contributed by atoms with van der Waals surface area (Å²) in [5.41, 5.74) is 1.43. The van der Waals surface area contributed by atoms with E-state index in [2.05, 4.69) is 10.3 Å². The number of amides is 1. The van der Waals surface area contributed by atoms with Gasteiger partial charge in [0.2, 0.25) is 15.7 Å². The molecule has 0 fully saturated rings. The van der Waals surface area contributed by atoms with Crippen molar-refractivity contribution < 1.29 is 26.0 Å². The number of carbonyl (C=O) groups is 1. The van der Waals surface area contributed by atoms with Gasteiger partial charge in [0.25, 0.3) is 5.91 Å². The molecule has 0 saturated carbocycles. The van der Waals surface area contributed by atoms with Crippen molar-refractivity contribution in [1.29, 1.82) is 0 Å². The van der Waals surface area contributed by atoms with Gasteiger partial charge in [-0.15, -0.1) is 0 Å². The fraction of sp³-hybridized carbons (Fsp3) is 0.333. The molecule has 178 valence electrons. The first-order chi connectivity index (χ1) is 15.3. The van der Waals surface area contributed by atoms with Gasteiger partial charge in [-0.2, -0.15) is 4.98 Å². The van der Waals surface area contributed by atoms with Gasteiger partial charge in [0.05, 0.1) is 23.0 Å². The lowest BCUT2D eigenvalue weighted by atomic mass is 10.0. The molecule has 0 spiro atoms. The molecule has 0 atom stereocenters. The van der Waals surface area contributed by atoms with Crippen LogP contribution in [-0.4, -0.2) is 59.6 Å². The van der Waals surface area contributed by atoms with Gasteiger partial charge in [-0.05, 0) is 49.2 Å². The average molecular weight is 514 g/mol. The molecule has 2 heterocycles. The van der Waals surface area contributed by atoms with Gasteiger partial charge in [-0.1, -0.05) is 11.6 Å². The summed E-state index contributed by atoms with van der Waals surface area (Å²) in [5.74, 6) is -0.171. The van der Waals surface area contributed by atoms with Crippen LogP contribution in [0.2, 0.25) is 5.02 Å². The van der Waals surface area contributed by atoms with E-state index in [0.717, 1.165) is 16.8 Å². The van der Waals surface area contributed by atoms with E-state index in [1.54, 1.807) is 37.3 Å². The Morgan fingerprint density at radius 1 is 1.15 bits per heavy atom. The minimum absolute atomic E-state index is 0.0711. The number of pyridine rings is 1. The van der Waals surface area contributed by atoms with Gasteiger partial charge in [-0.3, -0.25) is 9.10 Å². The molecule has 0 radical (unpaired) electrons. The van der Waals surface area contributed by atoms with E-state index >= 15 is 0 Å². The first-order valence-corrected chi connectivity index (χ1v) is 14.2. The highest BCUT2D eigenvalue weighted by Gasteiger charge is 2.27. The standard InChI is InChI=1S/C21H24ClN3O6S2/c1-13-12-16-17(20(26)23-2)18(14-6-8-15(22)9-7-14)31-21(16)24-19(13)25(33(4,29)30)10-5-11-32(3,27)28/h6-9,12H,5,10-11H2,1-4H3,(H,23,26). The molecule has 1 amide bonds. The normalized spacial score (nSPS) is 12.2. The summed E-state index contributed by atoms with van der Waals surface area (Å²) in [4.78, 5) is 17.1. The molecular weight excluding hydrogens is 490 g/mol. The number of aryl methyl sites for hydroxylation is 1. The van der Waals surface area contributed by atoms with E-state index < -0.39 is 19.9 Å². The number of aromatic nitrogens is 1. The van der Waals surface area contributed by atoms with Crippen LogP contribution in [0, 0.1) is 6.92 Å². The van der Waals surface area contributed by atoms with Crippen LogP contribution in [0.25, 0.3) is 22.4 Å². The van der Waals surface area contributed by atoms with Crippen molar-refractivity contribution in [1.82, 2.24) is 10.3 Å². The number of anilines is 1. The Bertz CT molecular complexity index is 1410. The number of hydrogen-bond donors (Lipinski definition) is 1. The molecule has 9 nitrogen and oxygen atoms in total. The molecule has 0 saturated heterocycles. The molecule has 0 bridgehead atoms. The van der Waals surface area contributed by atoms with Crippen LogP contribution in [0.5, 0.6) is 0 Å². The van der Waals surface area contributed by atoms with Gasteiger partial charge < -0.3 is 9.73 Å². The average Bonchev–Trinajstić information content (AvgIpc) is 3.07. The summed E-state index contributed by atoms with van der Waals surface area (Å²) in [7, 11) is -5.53. The number of halogens is 1. The van der Waals surface area contributed by atoms with Crippen LogP contribution in [0.4, 0.5) is 5.82 Å². The van der Waals surface area contributed by atoms with Crippen molar-refractivity contribution in [3.8, 4) is 11.3 Å². The highest BCUT2D eigenvalue weighted by molar-refractivity contribution is 7.92. The molecule has 0 unspecified atom stereocenters. The molecule has 2 aromatic heterocycles. The van der Waals surface area contributed by atoms with Crippen molar-refractivity contribution >= 4 is 54.3 Å². The lowest BCUT2D eigenvalue weighted by Gasteiger charge is -2.22. The van der Waals surface area contributed by atoms with Crippen LogP contribution < -0.4 is 9.62 Å². The second-order valence-corrected chi connectivity index (χ2v) is 12.3. The molecular formula is C21H24ClN3O6S2. The number of hydrogen-bond acceptors (Lipinski definition) is 7. The van der Waals surface area contributed by atoms with Gasteiger partial charge in [0.15, 0.2) is 0 Å². The smallest absolute Gasteiger partial charge is 0.255 e. The number of benzene rings is 1. The van der Waals surface area contributed by atoms with Gasteiger partial charge in [-0.25, -0.2) is 16.8 Å². The fourth-order valence-electron chi connectivity index (χ4n) is 3.42. The van der Waals surface area contributed by atoms with Crippen molar-refractivity contribution in [2.45, 2.75) is 13.3 Å². The monoisotopic (exact) mass is 513 g/mol.